The van der Waals surface area contributed by atoms with E-state index in [1.54, 1.807) is 30.3 Å². The number of nitrogens with zero attached hydrogens (tertiary/aromatic N) is 1. The van der Waals surface area contributed by atoms with Crippen molar-refractivity contribution >= 4 is 33.4 Å². The number of hydrogen-bond acceptors (Lipinski definition) is 2. The molecule has 5 heteroatoms. The first-order valence-electron chi connectivity index (χ1n) is 5.82. The zero-order chi connectivity index (χ0) is 14.5. The van der Waals surface area contributed by atoms with Gasteiger partial charge in [0.15, 0.2) is 0 Å². The predicted octanol–water partition coefficient (Wildman–Crippen LogP) is 4.10. The molecule has 0 saturated heterocycles. The normalized spacial score (nSPS) is 11.4. The van der Waals surface area contributed by atoms with Crippen molar-refractivity contribution in [2.45, 2.75) is 6.04 Å². The largest absolute Gasteiger partial charge is 0.332 e. The van der Waals surface area contributed by atoms with Crippen LogP contribution in [-0.4, -0.2) is 5.91 Å². The molecule has 3 nitrogen and oxygen atoms in total. The molecule has 1 amide bonds. The van der Waals surface area contributed by atoms with Gasteiger partial charge in [0.05, 0.1) is 16.7 Å². The molecular weight excluding hydrogens is 340 g/mol. The van der Waals surface area contributed by atoms with Crippen molar-refractivity contribution in [1.29, 1.82) is 5.26 Å². The van der Waals surface area contributed by atoms with Crippen molar-refractivity contribution in [2.75, 3.05) is 0 Å². The topological polar surface area (TPSA) is 52.9 Å². The molecule has 2 rings (SSSR count). The fraction of sp³-hybridized carbons (Fsp3) is 0.0667. The number of amides is 1. The van der Waals surface area contributed by atoms with Crippen LogP contribution in [0.1, 0.15) is 22.0 Å². The molecule has 1 N–H and O–H groups in total. The Morgan fingerprint density at radius 2 is 1.95 bits per heavy atom. The van der Waals surface area contributed by atoms with Crippen molar-refractivity contribution in [1.82, 2.24) is 5.32 Å². The lowest BCUT2D eigenvalue weighted by atomic mass is 10.1. The van der Waals surface area contributed by atoms with Gasteiger partial charge < -0.3 is 5.32 Å². The first-order valence-corrected chi connectivity index (χ1v) is 6.99. The molecule has 0 bridgehead atoms. The van der Waals surface area contributed by atoms with Gasteiger partial charge in [0.2, 0.25) is 0 Å². The van der Waals surface area contributed by atoms with E-state index in [0.29, 0.717) is 10.6 Å². The van der Waals surface area contributed by atoms with Crippen molar-refractivity contribution < 1.29 is 4.79 Å². The third-order valence-electron chi connectivity index (χ3n) is 2.71. The molecule has 0 radical (unpaired) electrons. The number of halogens is 2. The molecule has 0 fully saturated rings. The van der Waals surface area contributed by atoms with Gasteiger partial charge in [-0.3, -0.25) is 4.79 Å². The highest BCUT2D eigenvalue weighted by atomic mass is 79.9. The smallest absolute Gasteiger partial charge is 0.254 e. The highest BCUT2D eigenvalue weighted by Gasteiger charge is 2.17. The molecule has 2 aromatic carbocycles. The first kappa shape index (κ1) is 14.6. The van der Waals surface area contributed by atoms with Crippen LogP contribution in [0.5, 0.6) is 0 Å². The summed E-state index contributed by atoms with van der Waals surface area (Å²) in [5.41, 5.74) is 1.06. The zero-order valence-electron chi connectivity index (χ0n) is 10.3. The fourth-order valence-corrected chi connectivity index (χ4v) is 2.28. The van der Waals surface area contributed by atoms with E-state index in [0.717, 1.165) is 10.0 Å². The van der Waals surface area contributed by atoms with E-state index in [1.165, 1.54) is 0 Å². The maximum atomic E-state index is 12.2. The van der Waals surface area contributed by atoms with E-state index in [9.17, 15) is 10.1 Å². The summed E-state index contributed by atoms with van der Waals surface area (Å²) in [6, 6.07) is 15.4. The third kappa shape index (κ3) is 3.38. The summed E-state index contributed by atoms with van der Waals surface area (Å²) in [6.45, 7) is 0. The number of carbonyl (C=O) groups excluding carboxylic acids is 1. The Morgan fingerprint density at radius 1 is 1.25 bits per heavy atom. The quantitative estimate of drug-likeness (QED) is 0.907. The maximum Gasteiger partial charge on any atom is 0.254 e. The summed E-state index contributed by atoms with van der Waals surface area (Å²) in [7, 11) is 0. The molecule has 0 heterocycles. The number of hydrogen-bond donors (Lipinski definition) is 1. The highest BCUT2D eigenvalue weighted by molar-refractivity contribution is 9.10. The van der Waals surface area contributed by atoms with Crippen LogP contribution in [0.2, 0.25) is 5.02 Å². The number of rotatable bonds is 3. The highest BCUT2D eigenvalue weighted by Crippen LogP contribution is 2.22. The molecule has 0 aromatic heterocycles. The fourth-order valence-electron chi connectivity index (χ4n) is 1.72. The summed E-state index contributed by atoms with van der Waals surface area (Å²) >= 11 is 9.29. The second-order valence-electron chi connectivity index (χ2n) is 4.07. The maximum absolute atomic E-state index is 12.2. The van der Waals surface area contributed by atoms with Gasteiger partial charge in [-0.2, -0.15) is 5.26 Å². The standard InChI is InChI=1S/C15H10BrClN2O/c16-11-6-7-13(17)12(8-11)15(20)19-14(9-18)10-4-2-1-3-5-10/h1-8,14H,(H,19,20). The van der Waals surface area contributed by atoms with Crippen LogP contribution in [0.15, 0.2) is 53.0 Å². The Kier molecular flexibility index (Phi) is 4.78. The number of nitriles is 1. The van der Waals surface area contributed by atoms with Gasteiger partial charge >= 0.3 is 0 Å². The average Bonchev–Trinajstić information content (AvgIpc) is 2.48. The minimum Gasteiger partial charge on any atom is -0.332 e. The zero-order valence-corrected chi connectivity index (χ0v) is 12.6. The molecular formula is C15H10BrClN2O. The third-order valence-corrected chi connectivity index (χ3v) is 3.53. The Labute approximate surface area is 130 Å². The predicted molar refractivity (Wildman–Crippen MR) is 81.4 cm³/mol. The van der Waals surface area contributed by atoms with Gasteiger partial charge in [-0.25, -0.2) is 0 Å². The summed E-state index contributed by atoms with van der Waals surface area (Å²) in [5, 5.41) is 12.2. The molecule has 1 atom stereocenters. The van der Waals surface area contributed by atoms with Crippen molar-refractivity contribution in [3.63, 3.8) is 0 Å². The van der Waals surface area contributed by atoms with Crippen LogP contribution in [0.3, 0.4) is 0 Å². The Morgan fingerprint density at radius 3 is 2.60 bits per heavy atom. The summed E-state index contributed by atoms with van der Waals surface area (Å²) in [4.78, 5) is 12.2. The molecule has 1 unspecified atom stereocenters. The molecule has 2 aromatic rings. The summed E-state index contributed by atoms with van der Waals surface area (Å²) in [5.74, 6) is -0.383. The lowest BCUT2D eigenvalue weighted by Crippen LogP contribution is -2.27. The van der Waals surface area contributed by atoms with Crippen molar-refractivity contribution in [2.24, 2.45) is 0 Å². The molecule has 20 heavy (non-hydrogen) atoms. The number of benzene rings is 2. The lowest BCUT2D eigenvalue weighted by Gasteiger charge is -2.12. The van der Waals surface area contributed by atoms with E-state index < -0.39 is 6.04 Å². The minimum atomic E-state index is -0.709. The van der Waals surface area contributed by atoms with E-state index in [-0.39, 0.29) is 5.91 Å². The van der Waals surface area contributed by atoms with E-state index in [2.05, 4.69) is 27.3 Å². The van der Waals surface area contributed by atoms with Crippen LogP contribution < -0.4 is 5.32 Å². The van der Waals surface area contributed by atoms with Gasteiger partial charge in [0.25, 0.3) is 5.91 Å². The van der Waals surface area contributed by atoms with E-state index in [4.69, 9.17) is 11.6 Å². The van der Waals surface area contributed by atoms with Crippen LogP contribution in [0.4, 0.5) is 0 Å². The molecule has 0 aliphatic rings. The van der Waals surface area contributed by atoms with Gasteiger partial charge in [0.1, 0.15) is 6.04 Å². The average molecular weight is 350 g/mol. The molecule has 0 aliphatic carbocycles. The Bertz CT molecular complexity index is 667. The second-order valence-corrected chi connectivity index (χ2v) is 5.39. The van der Waals surface area contributed by atoms with Crippen molar-refractivity contribution in [3.8, 4) is 6.07 Å². The summed E-state index contributed by atoms with van der Waals surface area (Å²) in [6.07, 6.45) is 0. The van der Waals surface area contributed by atoms with Crippen LogP contribution in [0.25, 0.3) is 0 Å². The molecule has 100 valence electrons. The Balaban J connectivity index is 2.22. The Hall–Kier alpha value is -1.83. The van der Waals surface area contributed by atoms with E-state index in [1.807, 2.05) is 18.2 Å². The monoisotopic (exact) mass is 348 g/mol. The molecule has 0 aliphatic heterocycles. The summed E-state index contributed by atoms with van der Waals surface area (Å²) < 4.78 is 0.750. The van der Waals surface area contributed by atoms with Gasteiger partial charge in [-0.05, 0) is 23.8 Å². The van der Waals surface area contributed by atoms with Crippen LogP contribution >= 0.6 is 27.5 Å². The minimum absolute atomic E-state index is 0.331. The second kappa shape index (κ2) is 6.56. The molecule has 0 spiro atoms. The van der Waals surface area contributed by atoms with Gasteiger partial charge in [-0.15, -0.1) is 0 Å². The van der Waals surface area contributed by atoms with Gasteiger partial charge in [-0.1, -0.05) is 57.9 Å². The number of carbonyl (C=O) groups is 1. The number of nitrogens with one attached hydrogen (secondary N) is 1. The van der Waals surface area contributed by atoms with Crippen LogP contribution in [-0.2, 0) is 0 Å². The van der Waals surface area contributed by atoms with Gasteiger partial charge in [0, 0.05) is 4.47 Å². The van der Waals surface area contributed by atoms with Crippen molar-refractivity contribution in [3.05, 3.63) is 69.2 Å². The SMILES string of the molecule is N#CC(NC(=O)c1cc(Br)ccc1Cl)c1ccccc1. The molecule has 0 saturated carbocycles. The first-order chi connectivity index (χ1) is 9.61. The van der Waals surface area contributed by atoms with E-state index >= 15 is 0 Å². The van der Waals surface area contributed by atoms with Crippen LogP contribution in [0, 0.1) is 11.3 Å². The lowest BCUT2D eigenvalue weighted by molar-refractivity contribution is 0.0945.